The van der Waals surface area contributed by atoms with Gasteiger partial charge >= 0.3 is 5.97 Å². The predicted octanol–water partition coefficient (Wildman–Crippen LogP) is 6.65. The van der Waals surface area contributed by atoms with Crippen LogP contribution in [0.25, 0.3) is 0 Å². The zero-order valence-electron chi connectivity index (χ0n) is 16.5. The molecule has 0 saturated carbocycles. The molecule has 0 heterocycles. The van der Waals surface area contributed by atoms with Gasteiger partial charge in [0, 0.05) is 6.42 Å². The second-order valence-electron chi connectivity index (χ2n) is 6.90. The molecule has 4 heteroatoms. The van der Waals surface area contributed by atoms with Crippen LogP contribution >= 0.6 is 0 Å². The van der Waals surface area contributed by atoms with Crippen LogP contribution in [0.2, 0.25) is 0 Å². The molecule has 26 heavy (non-hydrogen) atoms. The molecule has 0 spiro atoms. The first kappa shape index (κ1) is 24.3. The van der Waals surface area contributed by atoms with Gasteiger partial charge in [-0.3, -0.25) is 4.79 Å². The van der Waals surface area contributed by atoms with E-state index in [2.05, 4.69) is 6.92 Å². The molecule has 0 aliphatic carbocycles. The van der Waals surface area contributed by atoms with Gasteiger partial charge in [0.15, 0.2) is 0 Å². The molecule has 1 rings (SSSR count). The van der Waals surface area contributed by atoms with E-state index in [4.69, 9.17) is 15.3 Å². The Balaban J connectivity index is 0.000000642. The molecule has 0 radical (unpaired) electrons. The number of aliphatic carboxylic acids is 1. The van der Waals surface area contributed by atoms with E-state index >= 15 is 0 Å². The molecule has 0 unspecified atom stereocenters. The summed E-state index contributed by atoms with van der Waals surface area (Å²) >= 11 is 0. The van der Waals surface area contributed by atoms with Crippen molar-refractivity contribution in [1.29, 1.82) is 0 Å². The summed E-state index contributed by atoms with van der Waals surface area (Å²) in [6.45, 7) is 2.26. The van der Waals surface area contributed by atoms with Crippen molar-refractivity contribution in [2.24, 2.45) is 0 Å². The molecule has 0 saturated heterocycles. The fourth-order valence-electron chi connectivity index (χ4n) is 2.75. The van der Waals surface area contributed by atoms with E-state index in [-0.39, 0.29) is 11.5 Å². The van der Waals surface area contributed by atoms with E-state index in [1.165, 1.54) is 94.9 Å². The molecule has 1 aromatic rings. The van der Waals surface area contributed by atoms with Crippen LogP contribution in [0, 0.1) is 0 Å². The third-order valence-electron chi connectivity index (χ3n) is 4.34. The molecule has 0 atom stereocenters. The lowest BCUT2D eigenvalue weighted by Gasteiger charge is -2.02. The monoisotopic (exact) mass is 366 g/mol. The van der Waals surface area contributed by atoms with Gasteiger partial charge < -0.3 is 15.3 Å². The van der Waals surface area contributed by atoms with E-state index in [9.17, 15) is 4.79 Å². The summed E-state index contributed by atoms with van der Waals surface area (Å²) in [5.74, 6) is -0.316. The van der Waals surface area contributed by atoms with Crippen LogP contribution in [0.4, 0.5) is 0 Å². The molecular weight excluding hydrogens is 328 g/mol. The van der Waals surface area contributed by atoms with Crippen LogP contribution in [0.5, 0.6) is 11.5 Å². The Morgan fingerprint density at radius 2 is 0.962 bits per heavy atom. The van der Waals surface area contributed by atoms with Gasteiger partial charge in [0.1, 0.15) is 11.5 Å². The van der Waals surface area contributed by atoms with Crippen molar-refractivity contribution in [3.63, 3.8) is 0 Å². The van der Waals surface area contributed by atoms with Gasteiger partial charge in [-0.1, -0.05) is 84.0 Å². The quantitative estimate of drug-likeness (QED) is 0.254. The number of carbonyl (C=O) groups is 1. The fourth-order valence-corrected chi connectivity index (χ4v) is 2.75. The standard InChI is InChI=1S/C16H32O2.C6H6O2/c1-2-3-4-5-6-7-8-9-10-11-12-13-14-15-16(17)18;7-5-1-2-6(8)4-3-5/h2-15H2,1H3,(H,17,18);1-4,7-8H. The van der Waals surface area contributed by atoms with Crippen molar-refractivity contribution in [1.82, 2.24) is 0 Å². The largest absolute Gasteiger partial charge is 0.508 e. The van der Waals surface area contributed by atoms with Crippen LogP contribution in [-0.2, 0) is 4.79 Å². The van der Waals surface area contributed by atoms with Crippen molar-refractivity contribution in [3.8, 4) is 11.5 Å². The van der Waals surface area contributed by atoms with Gasteiger partial charge in [-0.2, -0.15) is 0 Å². The maximum Gasteiger partial charge on any atom is 0.303 e. The highest BCUT2D eigenvalue weighted by atomic mass is 16.4. The van der Waals surface area contributed by atoms with Gasteiger partial charge in [-0.05, 0) is 30.7 Å². The minimum Gasteiger partial charge on any atom is -0.508 e. The second kappa shape index (κ2) is 18.1. The first-order valence-corrected chi connectivity index (χ1v) is 10.3. The lowest BCUT2D eigenvalue weighted by Crippen LogP contribution is -1.93. The Kier molecular flexibility index (Phi) is 16.9. The number of hydrogen-bond acceptors (Lipinski definition) is 3. The van der Waals surface area contributed by atoms with Crippen LogP contribution in [0.3, 0.4) is 0 Å². The van der Waals surface area contributed by atoms with Gasteiger partial charge in [-0.25, -0.2) is 0 Å². The Morgan fingerprint density at radius 3 is 1.27 bits per heavy atom. The SMILES string of the molecule is CCCCCCCCCCCCCCCC(=O)O.Oc1ccc(O)cc1. The molecule has 1 aromatic carbocycles. The van der Waals surface area contributed by atoms with Gasteiger partial charge in [-0.15, -0.1) is 0 Å². The minimum absolute atomic E-state index is 0.169. The number of rotatable bonds is 14. The Labute approximate surface area is 159 Å². The number of aromatic hydroxyl groups is 2. The van der Waals surface area contributed by atoms with Gasteiger partial charge in [0.2, 0.25) is 0 Å². The normalized spacial score (nSPS) is 10.2. The molecule has 4 nitrogen and oxygen atoms in total. The molecular formula is C22H38O4. The molecule has 0 aliphatic heterocycles. The Bertz CT molecular complexity index is 407. The Hall–Kier alpha value is -1.71. The highest BCUT2D eigenvalue weighted by Crippen LogP contribution is 2.13. The molecule has 0 aliphatic rings. The number of hydrogen-bond donors (Lipinski definition) is 3. The average Bonchev–Trinajstić information content (AvgIpc) is 2.62. The van der Waals surface area contributed by atoms with E-state index in [1.807, 2.05) is 0 Å². The molecule has 0 aromatic heterocycles. The predicted molar refractivity (Wildman–Crippen MR) is 108 cm³/mol. The van der Waals surface area contributed by atoms with Crippen molar-refractivity contribution >= 4 is 5.97 Å². The van der Waals surface area contributed by atoms with E-state index < -0.39 is 5.97 Å². The first-order valence-electron chi connectivity index (χ1n) is 10.3. The van der Waals surface area contributed by atoms with Crippen LogP contribution in [0.15, 0.2) is 24.3 Å². The summed E-state index contributed by atoms with van der Waals surface area (Å²) in [7, 11) is 0. The van der Waals surface area contributed by atoms with Crippen molar-refractivity contribution < 1.29 is 20.1 Å². The molecule has 0 fully saturated rings. The maximum absolute atomic E-state index is 10.3. The number of carboxylic acid groups (broad SMARTS) is 1. The summed E-state index contributed by atoms with van der Waals surface area (Å²) in [5.41, 5.74) is 0. The average molecular weight is 367 g/mol. The topological polar surface area (TPSA) is 77.8 Å². The van der Waals surface area contributed by atoms with Crippen molar-refractivity contribution in [2.75, 3.05) is 0 Å². The summed E-state index contributed by atoms with van der Waals surface area (Å²) < 4.78 is 0. The van der Waals surface area contributed by atoms with Gasteiger partial charge in [0.25, 0.3) is 0 Å². The van der Waals surface area contributed by atoms with Gasteiger partial charge in [0.05, 0.1) is 0 Å². The number of carboxylic acids is 1. The molecule has 0 amide bonds. The highest BCUT2D eigenvalue weighted by molar-refractivity contribution is 5.66. The number of benzene rings is 1. The fraction of sp³-hybridized carbons (Fsp3) is 0.682. The van der Waals surface area contributed by atoms with Crippen molar-refractivity contribution in [3.05, 3.63) is 24.3 Å². The lowest BCUT2D eigenvalue weighted by molar-refractivity contribution is -0.137. The van der Waals surface area contributed by atoms with E-state index in [0.717, 1.165) is 12.8 Å². The van der Waals surface area contributed by atoms with E-state index in [1.54, 1.807) is 0 Å². The lowest BCUT2D eigenvalue weighted by atomic mass is 10.0. The van der Waals surface area contributed by atoms with Crippen LogP contribution in [0.1, 0.15) is 96.8 Å². The molecule has 0 bridgehead atoms. The maximum atomic E-state index is 10.3. The molecule has 150 valence electrons. The van der Waals surface area contributed by atoms with E-state index in [0.29, 0.717) is 6.42 Å². The highest BCUT2D eigenvalue weighted by Gasteiger charge is 1.96. The summed E-state index contributed by atoms with van der Waals surface area (Å²) in [6, 6.07) is 5.70. The summed E-state index contributed by atoms with van der Waals surface area (Å²) in [5, 5.41) is 25.8. The van der Waals surface area contributed by atoms with Crippen LogP contribution in [-0.4, -0.2) is 21.3 Å². The smallest absolute Gasteiger partial charge is 0.303 e. The van der Waals surface area contributed by atoms with Crippen LogP contribution < -0.4 is 0 Å². The summed E-state index contributed by atoms with van der Waals surface area (Å²) in [4.78, 5) is 10.3. The minimum atomic E-state index is -0.655. The number of phenolic OH excluding ortho intramolecular Hbond substituents is 2. The number of phenols is 2. The third kappa shape index (κ3) is 18.6. The zero-order chi connectivity index (χ0) is 19.5. The molecule has 3 N–H and O–H groups in total. The third-order valence-corrected chi connectivity index (χ3v) is 4.34. The van der Waals surface area contributed by atoms with Crippen molar-refractivity contribution in [2.45, 2.75) is 96.8 Å². The number of unbranched alkanes of at least 4 members (excludes halogenated alkanes) is 12. The first-order chi connectivity index (χ1) is 12.6. The summed E-state index contributed by atoms with van der Waals surface area (Å²) in [6.07, 6.45) is 17.3. The Morgan fingerprint density at radius 1 is 0.654 bits per heavy atom. The zero-order valence-corrected chi connectivity index (χ0v) is 16.5. The second-order valence-corrected chi connectivity index (χ2v) is 6.90.